The van der Waals surface area contributed by atoms with Gasteiger partial charge in [-0.1, -0.05) is 28.4 Å². The van der Waals surface area contributed by atoms with E-state index in [4.69, 9.17) is 37.6 Å². The number of halogens is 2. The molecule has 2 aromatic rings. The second-order valence-corrected chi connectivity index (χ2v) is 5.52. The van der Waals surface area contributed by atoms with Gasteiger partial charge in [0.2, 0.25) is 0 Å². The molecule has 8 heteroatoms. The molecule has 1 heterocycles. The van der Waals surface area contributed by atoms with Crippen LogP contribution in [0.25, 0.3) is 0 Å². The van der Waals surface area contributed by atoms with Gasteiger partial charge in [-0.2, -0.15) is 4.98 Å². The lowest BCUT2D eigenvalue weighted by molar-refractivity contribution is 0.0691. The number of ether oxygens (including phenoxy) is 1. The fraction of sp³-hybridized carbons (Fsp3) is 0.308. The van der Waals surface area contributed by atoms with Crippen LogP contribution in [0, 0.1) is 0 Å². The van der Waals surface area contributed by atoms with Gasteiger partial charge in [-0.15, -0.1) is 0 Å². The molecule has 1 fully saturated rings. The molecule has 0 bridgehead atoms. The van der Waals surface area contributed by atoms with Crippen molar-refractivity contribution < 1.29 is 19.2 Å². The fourth-order valence-electron chi connectivity index (χ4n) is 1.83. The summed E-state index contributed by atoms with van der Waals surface area (Å²) in [5, 5.41) is 13.3. The van der Waals surface area contributed by atoms with E-state index in [0.717, 1.165) is 12.8 Å². The van der Waals surface area contributed by atoms with Gasteiger partial charge in [-0.05, 0) is 25.0 Å². The van der Waals surface area contributed by atoms with Crippen LogP contribution in [0.2, 0.25) is 10.0 Å². The summed E-state index contributed by atoms with van der Waals surface area (Å²) < 4.78 is 10.5. The summed E-state index contributed by atoms with van der Waals surface area (Å²) in [6, 6.07) is 2.68. The van der Waals surface area contributed by atoms with Crippen molar-refractivity contribution in [3.63, 3.8) is 0 Å². The van der Waals surface area contributed by atoms with E-state index in [1.54, 1.807) is 0 Å². The van der Waals surface area contributed by atoms with Gasteiger partial charge in [-0.25, -0.2) is 4.79 Å². The van der Waals surface area contributed by atoms with Crippen LogP contribution in [0.5, 0.6) is 5.75 Å². The zero-order chi connectivity index (χ0) is 15.0. The van der Waals surface area contributed by atoms with Crippen LogP contribution in [0.4, 0.5) is 0 Å². The monoisotopic (exact) mass is 328 g/mol. The summed E-state index contributed by atoms with van der Waals surface area (Å²) in [7, 11) is 0. The minimum absolute atomic E-state index is 0.0275. The highest BCUT2D eigenvalue weighted by atomic mass is 35.5. The molecule has 1 N–H and O–H groups in total. The van der Waals surface area contributed by atoms with Crippen LogP contribution >= 0.6 is 23.2 Å². The highest BCUT2D eigenvalue weighted by Crippen LogP contribution is 2.38. The second kappa shape index (κ2) is 5.54. The van der Waals surface area contributed by atoms with Gasteiger partial charge in [0.25, 0.3) is 5.89 Å². The first-order chi connectivity index (χ1) is 10.0. The number of rotatable bonds is 5. The number of aromatic nitrogens is 2. The Kier molecular flexibility index (Phi) is 3.73. The van der Waals surface area contributed by atoms with Crippen molar-refractivity contribution in [3.05, 3.63) is 39.5 Å². The number of nitrogens with zero attached hydrogens (tertiary/aromatic N) is 2. The van der Waals surface area contributed by atoms with Gasteiger partial charge < -0.3 is 14.4 Å². The molecule has 6 nitrogen and oxygen atoms in total. The Morgan fingerprint density at radius 3 is 2.86 bits per heavy atom. The minimum Gasteiger partial charge on any atom is -0.481 e. The maximum Gasteiger partial charge on any atom is 0.339 e. The molecular weight excluding hydrogens is 319 g/mol. The van der Waals surface area contributed by atoms with Crippen LogP contribution in [0.1, 0.15) is 40.8 Å². The number of hydrogen-bond donors (Lipinski definition) is 1. The molecule has 3 rings (SSSR count). The molecule has 21 heavy (non-hydrogen) atoms. The van der Waals surface area contributed by atoms with Crippen LogP contribution in [0.3, 0.4) is 0 Å². The molecule has 110 valence electrons. The first kappa shape index (κ1) is 14.2. The van der Waals surface area contributed by atoms with Crippen molar-refractivity contribution in [1.82, 2.24) is 10.1 Å². The predicted molar refractivity (Wildman–Crippen MR) is 74.0 cm³/mol. The normalized spacial score (nSPS) is 14.2. The Bertz CT molecular complexity index is 697. The first-order valence-corrected chi connectivity index (χ1v) is 6.98. The van der Waals surface area contributed by atoms with Gasteiger partial charge >= 0.3 is 5.97 Å². The van der Waals surface area contributed by atoms with E-state index in [9.17, 15) is 4.79 Å². The van der Waals surface area contributed by atoms with Crippen molar-refractivity contribution in [3.8, 4) is 5.75 Å². The molecular formula is C13H10Cl2N2O4. The molecule has 1 aliphatic rings. The van der Waals surface area contributed by atoms with Gasteiger partial charge in [0.05, 0.1) is 5.02 Å². The summed E-state index contributed by atoms with van der Waals surface area (Å²) >= 11 is 11.8. The molecule has 0 spiro atoms. The van der Waals surface area contributed by atoms with Gasteiger partial charge in [0.1, 0.15) is 5.56 Å². The first-order valence-electron chi connectivity index (χ1n) is 6.22. The van der Waals surface area contributed by atoms with Crippen LogP contribution in [-0.4, -0.2) is 21.2 Å². The summed E-state index contributed by atoms with van der Waals surface area (Å²) in [6.45, 7) is -0.0542. The van der Waals surface area contributed by atoms with Crippen molar-refractivity contribution in [2.24, 2.45) is 0 Å². The lowest BCUT2D eigenvalue weighted by atomic mass is 10.2. The molecule has 1 aliphatic carbocycles. The lowest BCUT2D eigenvalue weighted by Crippen LogP contribution is -2.04. The largest absolute Gasteiger partial charge is 0.481 e. The van der Waals surface area contributed by atoms with E-state index in [1.165, 1.54) is 12.1 Å². The molecule has 1 aromatic carbocycles. The molecule has 0 atom stereocenters. The van der Waals surface area contributed by atoms with Gasteiger partial charge in [0, 0.05) is 10.9 Å². The zero-order valence-corrected chi connectivity index (χ0v) is 12.2. The van der Waals surface area contributed by atoms with E-state index in [-0.39, 0.29) is 33.9 Å². The Hall–Kier alpha value is -1.79. The third kappa shape index (κ3) is 3.11. The summed E-state index contributed by atoms with van der Waals surface area (Å²) in [6.07, 6.45) is 2.12. The van der Waals surface area contributed by atoms with E-state index >= 15 is 0 Å². The molecule has 0 aliphatic heterocycles. The second-order valence-electron chi connectivity index (χ2n) is 4.68. The molecule has 1 aromatic heterocycles. The van der Waals surface area contributed by atoms with E-state index in [0.29, 0.717) is 11.7 Å². The third-order valence-electron chi connectivity index (χ3n) is 3.01. The van der Waals surface area contributed by atoms with Crippen LogP contribution in [-0.2, 0) is 6.61 Å². The number of aromatic carboxylic acids is 1. The quantitative estimate of drug-likeness (QED) is 0.903. The maximum absolute atomic E-state index is 11.2. The SMILES string of the molecule is O=C(O)c1cc(Cl)cc(Cl)c1OCc1nc(C2CC2)no1. The molecule has 1 saturated carbocycles. The Morgan fingerprint density at radius 1 is 1.43 bits per heavy atom. The molecule has 0 unspecified atom stereocenters. The Morgan fingerprint density at radius 2 is 2.19 bits per heavy atom. The van der Waals surface area contributed by atoms with Crippen molar-refractivity contribution in [2.75, 3.05) is 0 Å². The lowest BCUT2D eigenvalue weighted by Gasteiger charge is -2.09. The van der Waals surface area contributed by atoms with Crippen molar-refractivity contribution >= 4 is 29.2 Å². The van der Waals surface area contributed by atoms with Crippen molar-refractivity contribution in [2.45, 2.75) is 25.4 Å². The standard InChI is InChI=1S/C13H10Cl2N2O4/c14-7-3-8(13(18)19)11(9(15)4-7)20-5-10-16-12(17-21-10)6-1-2-6/h3-4,6H,1-2,5H2,(H,18,19). The highest BCUT2D eigenvalue weighted by Gasteiger charge is 2.29. The minimum atomic E-state index is -1.18. The fourth-order valence-corrected chi connectivity index (χ4v) is 2.38. The van der Waals surface area contributed by atoms with Gasteiger partial charge in [0.15, 0.2) is 18.2 Å². The number of carbonyl (C=O) groups is 1. The predicted octanol–water partition coefficient (Wildman–Crippen LogP) is 3.53. The highest BCUT2D eigenvalue weighted by molar-refractivity contribution is 6.36. The van der Waals surface area contributed by atoms with E-state index in [2.05, 4.69) is 10.1 Å². The Balaban J connectivity index is 1.78. The number of carboxylic acids is 1. The topological polar surface area (TPSA) is 85.5 Å². The molecule has 0 radical (unpaired) electrons. The summed E-state index contributed by atoms with van der Waals surface area (Å²) in [5.41, 5.74) is -0.116. The number of carboxylic acid groups (broad SMARTS) is 1. The van der Waals surface area contributed by atoms with E-state index < -0.39 is 5.97 Å². The zero-order valence-electron chi connectivity index (χ0n) is 10.7. The molecule has 0 saturated heterocycles. The summed E-state index contributed by atoms with van der Waals surface area (Å²) in [5.74, 6) is 0.156. The van der Waals surface area contributed by atoms with Gasteiger partial charge in [-0.3, -0.25) is 0 Å². The maximum atomic E-state index is 11.2. The summed E-state index contributed by atoms with van der Waals surface area (Å²) in [4.78, 5) is 15.4. The Labute approximate surface area is 129 Å². The average Bonchev–Trinajstić information content (AvgIpc) is 3.16. The number of benzene rings is 1. The average molecular weight is 329 g/mol. The van der Waals surface area contributed by atoms with Crippen LogP contribution < -0.4 is 4.74 Å². The van der Waals surface area contributed by atoms with Crippen LogP contribution in [0.15, 0.2) is 16.7 Å². The van der Waals surface area contributed by atoms with E-state index in [1.807, 2.05) is 0 Å². The van der Waals surface area contributed by atoms with Crippen molar-refractivity contribution in [1.29, 1.82) is 0 Å². The third-order valence-corrected chi connectivity index (χ3v) is 3.50. The molecule has 0 amide bonds. The number of hydrogen-bond acceptors (Lipinski definition) is 5. The smallest absolute Gasteiger partial charge is 0.339 e.